The van der Waals surface area contributed by atoms with E-state index in [1.165, 1.54) is 40.3 Å². The number of hydrogen-bond acceptors (Lipinski definition) is 4. The molecule has 0 aliphatic rings. The van der Waals surface area contributed by atoms with Crippen molar-refractivity contribution in [1.82, 2.24) is 9.78 Å². The topological polar surface area (TPSA) is 61.0 Å². The van der Waals surface area contributed by atoms with E-state index in [0.717, 1.165) is 19.9 Å². The number of thiophene rings is 1. The summed E-state index contributed by atoms with van der Waals surface area (Å²) in [7, 11) is 0. The highest BCUT2D eigenvalue weighted by Crippen LogP contribution is 2.30. The van der Waals surface area contributed by atoms with Gasteiger partial charge in [-0.1, -0.05) is 18.2 Å². The van der Waals surface area contributed by atoms with Gasteiger partial charge in [0.1, 0.15) is 11.5 Å². The number of benzene rings is 2. The summed E-state index contributed by atoms with van der Waals surface area (Å²) in [6.07, 6.45) is 1.55. The molecule has 0 N–H and O–H groups in total. The SMILES string of the molecule is CC(C)/[N+]([O-])=C/c1ccc(-c2nn(-c3ccc(F)cc3)c(=O)c3ccccc23)s1. The largest absolute Gasteiger partial charge is 0.624 e. The van der Waals surface area contributed by atoms with Gasteiger partial charge in [-0.25, -0.2) is 9.13 Å². The summed E-state index contributed by atoms with van der Waals surface area (Å²) in [5.74, 6) is -0.381. The van der Waals surface area contributed by atoms with Gasteiger partial charge in [0.15, 0.2) is 12.3 Å². The second-order valence-corrected chi connectivity index (χ2v) is 7.99. The molecule has 0 bridgehead atoms. The lowest BCUT2D eigenvalue weighted by Crippen LogP contribution is -2.22. The molecule has 0 saturated heterocycles. The Morgan fingerprint density at radius 1 is 1.07 bits per heavy atom. The standard InChI is InChI=1S/C22H18FN3O2S/c1-14(2)25(28)13-17-11-12-20(29-17)21-18-5-3-4-6-19(18)22(27)26(24-21)16-9-7-15(23)8-10-16/h3-14H,1-2H3/b25-13-. The van der Waals surface area contributed by atoms with Crippen molar-refractivity contribution in [3.63, 3.8) is 0 Å². The Balaban J connectivity index is 1.92. The first-order chi connectivity index (χ1) is 13.9. The summed E-state index contributed by atoms with van der Waals surface area (Å²) in [6.45, 7) is 3.65. The molecule has 2 aromatic carbocycles. The molecule has 4 aromatic rings. The first-order valence-corrected chi connectivity index (χ1v) is 9.94. The lowest BCUT2D eigenvalue weighted by Gasteiger charge is -2.10. The highest BCUT2D eigenvalue weighted by molar-refractivity contribution is 7.17. The van der Waals surface area contributed by atoms with Crippen molar-refractivity contribution in [2.75, 3.05) is 0 Å². The summed E-state index contributed by atoms with van der Waals surface area (Å²) in [6, 6.07) is 16.5. The molecule has 0 unspecified atom stereocenters. The molecule has 0 radical (unpaired) electrons. The Morgan fingerprint density at radius 3 is 2.45 bits per heavy atom. The molecule has 29 heavy (non-hydrogen) atoms. The van der Waals surface area contributed by atoms with Crippen LogP contribution >= 0.6 is 11.3 Å². The Hall–Kier alpha value is -3.32. The molecular formula is C22H18FN3O2S. The van der Waals surface area contributed by atoms with Crippen molar-refractivity contribution in [2.24, 2.45) is 0 Å². The molecule has 2 aromatic heterocycles. The van der Waals surface area contributed by atoms with Gasteiger partial charge >= 0.3 is 0 Å². The zero-order chi connectivity index (χ0) is 20.5. The Labute approximate surface area is 170 Å². The summed E-state index contributed by atoms with van der Waals surface area (Å²) in [5, 5.41) is 17.8. The van der Waals surface area contributed by atoms with Gasteiger partial charge in [-0.3, -0.25) is 4.79 Å². The Bertz CT molecular complexity index is 1270. The van der Waals surface area contributed by atoms with E-state index in [1.807, 2.05) is 38.1 Å². The predicted molar refractivity (Wildman–Crippen MR) is 115 cm³/mol. The quantitative estimate of drug-likeness (QED) is 0.215. The van der Waals surface area contributed by atoms with Gasteiger partial charge in [-0.05, 0) is 56.3 Å². The van der Waals surface area contributed by atoms with E-state index in [0.29, 0.717) is 16.8 Å². The van der Waals surface area contributed by atoms with Crippen LogP contribution < -0.4 is 5.56 Å². The zero-order valence-corrected chi connectivity index (χ0v) is 16.7. The second kappa shape index (κ2) is 7.60. The molecule has 0 fully saturated rings. The van der Waals surface area contributed by atoms with Crippen LogP contribution in [0.2, 0.25) is 0 Å². The number of hydroxylamine groups is 1. The van der Waals surface area contributed by atoms with Crippen LogP contribution in [-0.4, -0.2) is 26.8 Å². The fraction of sp³-hybridized carbons (Fsp3) is 0.136. The van der Waals surface area contributed by atoms with Crippen molar-refractivity contribution >= 4 is 28.3 Å². The third kappa shape index (κ3) is 3.69. The van der Waals surface area contributed by atoms with Crippen LogP contribution in [0.3, 0.4) is 0 Å². The molecular weight excluding hydrogens is 389 g/mol. The maximum Gasteiger partial charge on any atom is 0.279 e. The maximum atomic E-state index is 13.3. The fourth-order valence-corrected chi connectivity index (χ4v) is 3.88. The van der Waals surface area contributed by atoms with Crippen molar-refractivity contribution in [3.05, 3.63) is 86.9 Å². The van der Waals surface area contributed by atoms with E-state index in [2.05, 4.69) is 5.10 Å². The minimum atomic E-state index is -0.381. The first kappa shape index (κ1) is 19.0. The van der Waals surface area contributed by atoms with Gasteiger partial charge in [-0.2, -0.15) is 9.78 Å². The Kier molecular flexibility index (Phi) is 4.98. The van der Waals surface area contributed by atoms with E-state index >= 15 is 0 Å². The van der Waals surface area contributed by atoms with E-state index in [4.69, 9.17) is 0 Å². The molecule has 4 rings (SSSR count). The molecule has 7 heteroatoms. The van der Waals surface area contributed by atoms with E-state index in [-0.39, 0.29) is 17.4 Å². The maximum absolute atomic E-state index is 13.3. The van der Waals surface area contributed by atoms with Crippen LogP contribution in [0.15, 0.2) is 65.5 Å². The molecule has 0 amide bonds. The third-order valence-electron chi connectivity index (χ3n) is 4.50. The molecule has 0 aliphatic carbocycles. The van der Waals surface area contributed by atoms with Gasteiger partial charge in [0, 0.05) is 5.39 Å². The van der Waals surface area contributed by atoms with Crippen molar-refractivity contribution in [2.45, 2.75) is 19.9 Å². The van der Waals surface area contributed by atoms with Crippen LogP contribution in [0.25, 0.3) is 27.0 Å². The minimum absolute atomic E-state index is 0.153. The number of nitrogens with zero attached hydrogens (tertiary/aromatic N) is 3. The molecule has 0 saturated carbocycles. The molecule has 5 nitrogen and oxygen atoms in total. The van der Waals surface area contributed by atoms with Gasteiger partial charge in [0.05, 0.1) is 20.8 Å². The molecule has 2 heterocycles. The highest BCUT2D eigenvalue weighted by Gasteiger charge is 2.15. The summed E-state index contributed by atoms with van der Waals surface area (Å²) in [4.78, 5) is 14.6. The van der Waals surface area contributed by atoms with Crippen LogP contribution in [0.1, 0.15) is 18.7 Å². The number of aromatic nitrogens is 2. The predicted octanol–water partition coefficient (Wildman–Crippen LogP) is 4.59. The van der Waals surface area contributed by atoms with Crippen LogP contribution in [-0.2, 0) is 0 Å². The number of fused-ring (bicyclic) bond motifs is 1. The summed E-state index contributed by atoms with van der Waals surface area (Å²) >= 11 is 1.42. The smallest absolute Gasteiger partial charge is 0.279 e. The van der Waals surface area contributed by atoms with Crippen molar-refractivity contribution < 1.29 is 9.13 Å². The van der Waals surface area contributed by atoms with E-state index in [9.17, 15) is 14.4 Å². The summed E-state index contributed by atoms with van der Waals surface area (Å²) < 4.78 is 15.5. The molecule has 0 spiro atoms. The van der Waals surface area contributed by atoms with Crippen LogP contribution in [0.5, 0.6) is 0 Å². The lowest BCUT2D eigenvalue weighted by atomic mass is 10.1. The molecule has 146 valence electrons. The van der Waals surface area contributed by atoms with Gasteiger partial charge in [0.25, 0.3) is 5.56 Å². The van der Waals surface area contributed by atoms with E-state index in [1.54, 1.807) is 18.3 Å². The summed E-state index contributed by atoms with van der Waals surface area (Å²) in [5.41, 5.74) is 0.846. The van der Waals surface area contributed by atoms with Crippen LogP contribution in [0, 0.1) is 11.0 Å². The van der Waals surface area contributed by atoms with Gasteiger partial charge < -0.3 is 5.21 Å². The minimum Gasteiger partial charge on any atom is -0.624 e. The number of hydrogen-bond donors (Lipinski definition) is 0. The van der Waals surface area contributed by atoms with Crippen molar-refractivity contribution in [1.29, 1.82) is 0 Å². The second-order valence-electron chi connectivity index (χ2n) is 6.87. The first-order valence-electron chi connectivity index (χ1n) is 9.12. The molecule has 0 aliphatic heterocycles. The third-order valence-corrected chi connectivity index (χ3v) is 5.53. The monoisotopic (exact) mass is 407 g/mol. The number of rotatable bonds is 4. The van der Waals surface area contributed by atoms with Crippen molar-refractivity contribution in [3.8, 4) is 16.3 Å². The highest BCUT2D eigenvalue weighted by atomic mass is 32.1. The average molecular weight is 407 g/mol. The fourth-order valence-electron chi connectivity index (χ4n) is 2.95. The van der Waals surface area contributed by atoms with E-state index < -0.39 is 0 Å². The average Bonchev–Trinajstić information content (AvgIpc) is 3.17. The Morgan fingerprint density at radius 2 is 1.76 bits per heavy atom. The van der Waals surface area contributed by atoms with Gasteiger partial charge in [-0.15, -0.1) is 11.3 Å². The van der Waals surface area contributed by atoms with Crippen LogP contribution in [0.4, 0.5) is 4.39 Å². The lowest BCUT2D eigenvalue weighted by molar-refractivity contribution is -0.486. The normalized spacial score (nSPS) is 12.1. The zero-order valence-electron chi connectivity index (χ0n) is 15.9. The molecule has 0 atom stereocenters. The number of halogens is 1. The van der Waals surface area contributed by atoms with Gasteiger partial charge in [0.2, 0.25) is 0 Å².